The lowest BCUT2D eigenvalue weighted by Crippen LogP contribution is -2.54. The number of benzene rings is 3. The molecular formula is C40H37F3N8O7S. The minimum absolute atomic E-state index is 0.0340. The molecule has 59 heavy (non-hydrogen) atoms. The lowest BCUT2D eigenvalue weighted by molar-refractivity contribution is -0.138. The van der Waals surface area contributed by atoms with Crippen LogP contribution in [0.1, 0.15) is 63.1 Å². The first-order valence-electron chi connectivity index (χ1n) is 18.8. The fourth-order valence-corrected chi connectivity index (χ4v) is 8.63. The van der Waals surface area contributed by atoms with Gasteiger partial charge in [-0.1, -0.05) is 12.1 Å². The molecule has 2 saturated heterocycles. The number of amides is 5. The fourth-order valence-electron chi connectivity index (χ4n) is 7.93. The van der Waals surface area contributed by atoms with E-state index in [0.29, 0.717) is 37.1 Å². The molecule has 4 aliphatic heterocycles. The van der Waals surface area contributed by atoms with Crippen LogP contribution in [0.25, 0.3) is 0 Å². The summed E-state index contributed by atoms with van der Waals surface area (Å²) in [7, 11) is -3.52. The molecule has 5 amide bonds. The van der Waals surface area contributed by atoms with Crippen LogP contribution in [0.15, 0.2) is 71.8 Å². The Morgan fingerprint density at radius 1 is 0.915 bits per heavy atom. The van der Waals surface area contributed by atoms with Crippen molar-refractivity contribution in [2.45, 2.75) is 55.8 Å². The van der Waals surface area contributed by atoms with Crippen LogP contribution in [-0.2, 0) is 43.4 Å². The van der Waals surface area contributed by atoms with Gasteiger partial charge in [-0.15, -0.1) is 0 Å². The van der Waals surface area contributed by atoms with E-state index in [1.165, 1.54) is 18.2 Å². The summed E-state index contributed by atoms with van der Waals surface area (Å²) in [6.45, 7) is 1.62. The predicted octanol–water partition coefficient (Wildman–Crippen LogP) is 4.46. The van der Waals surface area contributed by atoms with Gasteiger partial charge >= 0.3 is 6.18 Å². The number of hydrogen-bond acceptors (Lipinski definition) is 12. The van der Waals surface area contributed by atoms with Crippen molar-refractivity contribution in [3.05, 3.63) is 94.7 Å². The molecule has 0 bridgehead atoms. The minimum Gasteiger partial charge on any atom is -0.371 e. The molecule has 15 nitrogen and oxygen atoms in total. The van der Waals surface area contributed by atoms with Gasteiger partial charge in [0.25, 0.3) is 11.8 Å². The zero-order valence-corrected chi connectivity index (χ0v) is 32.3. The maximum Gasteiger partial charge on any atom is 0.421 e. The molecule has 3 aromatic carbocycles. The van der Waals surface area contributed by atoms with Gasteiger partial charge in [-0.25, -0.2) is 13.4 Å². The minimum atomic E-state index is -4.77. The topological polar surface area (TPSA) is 191 Å². The Hall–Kier alpha value is -6.37. The van der Waals surface area contributed by atoms with Crippen LogP contribution >= 0.6 is 0 Å². The molecule has 3 N–H and O–H groups in total. The molecule has 0 aliphatic carbocycles. The third-order valence-corrected chi connectivity index (χ3v) is 12.1. The Kier molecular flexibility index (Phi) is 10.1. The van der Waals surface area contributed by atoms with E-state index in [0.717, 1.165) is 40.9 Å². The van der Waals surface area contributed by atoms with Crippen LogP contribution < -0.4 is 25.8 Å². The summed E-state index contributed by atoms with van der Waals surface area (Å²) < 4.78 is 65.6. The van der Waals surface area contributed by atoms with Gasteiger partial charge in [-0.2, -0.15) is 18.2 Å². The van der Waals surface area contributed by atoms with E-state index in [9.17, 15) is 45.6 Å². The molecule has 5 heterocycles. The molecule has 4 aromatic rings. The van der Waals surface area contributed by atoms with Gasteiger partial charge in [-0.3, -0.25) is 34.2 Å². The van der Waals surface area contributed by atoms with Crippen molar-refractivity contribution in [2.75, 3.05) is 46.3 Å². The first kappa shape index (κ1) is 39.5. The summed E-state index contributed by atoms with van der Waals surface area (Å²) in [5.41, 5.74) is 2.45. The van der Waals surface area contributed by atoms with Gasteiger partial charge in [0.05, 0.1) is 22.4 Å². The molecular weight excluding hydrogens is 794 g/mol. The number of imide groups is 2. The summed E-state index contributed by atoms with van der Waals surface area (Å²) >= 11 is 0. The molecule has 8 rings (SSSR count). The number of anilines is 5. The van der Waals surface area contributed by atoms with Gasteiger partial charge in [0.2, 0.25) is 23.7 Å². The van der Waals surface area contributed by atoms with Crippen LogP contribution in [-0.4, -0.2) is 84.8 Å². The van der Waals surface area contributed by atoms with Crippen molar-refractivity contribution in [1.29, 1.82) is 0 Å². The standard InChI is InChI=1S/C40H37F3N8O7S/c1-59(57,58)27-4-2-3-23(15-27)19-44-35-30(40(41,42)43)20-45-39(48-35)46-25-5-8-31-24(16-25)17-34(53)50(31)21-22-11-13-49(14-12-22)26-6-7-28-29(18-26)38(56)51(37(28)55)32-9-10-33(52)47-36(32)54/h2-8,15-16,18,20,22,32H,9-14,17,19,21H2,1H3,(H,47,52,54)(H2,44,45,46,48). The number of hydrogen-bond donors (Lipinski definition) is 3. The highest BCUT2D eigenvalue weighted by atomic mass is 32.2. The number of rotatable bonds is 10. The molecule has 1 unspecified atom stereocenters. The molecule has 4 aliphatic rings. The van der Waals surface area contributed by atoms with Gasteiger partial charge in [0, 0.05) is 62.1 Å². The van der Waals surface area contributed by atoms with Crippen molar-refractivity contribution < 1.29 is 45.6 Å². The first-order valence-corrected chi connectivity index (χ1v) is 20.7. The predicted molar refractivity (Wildman–Crippen MR) is 208 cm³/mol. The van der Waals surface area contributed by atoms with Crippen molar-refractivity contribution in [3.63, 3.8) is 0 Å². The number of sulfone groups is 1. The summed E-state index contributed by atoms with van der Waals surface area (Å²) in [5, 5.41) is 7.80. The highest BCUT2D eigenvalue weighted by Gasteiger charge is 2.45. The molecule has 1 atom stereocenters. The van der Waals surface area contributed by atoms with E-state index in [1.807, 2.05) is 0 Å². The van der Waals surface area contributed by atoms with E-state index < -0.39 is 57.1 Å². The number of nitrogens with zero attached hydrogens (tertiary/aromatic N) is 5. The fraction of sp³-hybridized carbons (Fsp3) is 0.325. The van der Waals surface area contributed by atoms with Crippen molar-refractivity contribution >= 4 is 68.2 Å². The van der Waals surface area contributed by atoms with Gasteiger partial charge in [0.15, 0.2) is 9.84 Å². The second kappa shape index (κ2) is 15.1. The molecule has 0 saturated carbocycles. The average molecular weight is 831 g/mol. The van der Waals surface area contributed by atoms with Crippen LogP contribution in [0.5, 0.6) is 0 Å². The number of fused-ring (bicyclic) bond motifs is 2. The van der Waals surface area contributed by atoms with Gasteiger partial charge in [0.1, 0.15) is 17.4 Å². The third-order valence-electron chi connectivity index (χ3n) is 11.0. The summed E-state index contributed by atoms with van der Waals surface area (Å²) in [6, 6.07) is 15.1. The summed E-state index contributed by atoms with van der Waals surface area (Å²) in [5.74, 6) is -2.77. The lowest BCUT2D eigenvalue weighted by atomic mass is 9.95. The Labute approximate surface area is 335 Å². The second-order valence-electron chi connectivity index (χ2n) is 15.0. The Morgan fingerprint density at radius 3 is 2.41 bits per heavy atom. The van der Waals surface area contributed by atoms with Crippen molar-refractivity contribution in [1.82, 2.24) is 20.2 Å². The number of nitrogens with one attached hydrogen (secondary N) is 3. The number of halogens is 3. The highest BCUT2D eigenvalue weighted by Crippen LogP contribution is 2.37. The maximum absolute atomic E-state index is 13.9. The largest absolute Gasteiger partial charge is 0.421 e. The van der Waals surface area contributed by atoms with E-state index in [4.69, 9.17) is 0 Å². The maximum atomic E-state index is 13.9. The smallest absolute Gasteiger partial charge is 0.371 e. The Morgan fingerprint density at radius 2 is 1.68 bits per heavy atom. The first-order chi connectivity index (χ1) is 28.0. The summed E-state index contributed by atoms with van der Waals surface area (Å²) in [6.07, 6.45) is -1.33. The number of carbonyl (C=O) groups excluding carboxylic acids is 5. The Bertz CT molecular complexity index is 2540. The lowest BCUT2D eigenvalue weighted by Gasteiger charge is -2.35. The van der Waals surface area contributed by atoms with Crippen LogP contribution in [0.2, 0.25) is 0 Å². The molecule has 19 heteroatoms. The van der Waals surface area contributed by atoms with Crippen molar-refractivity contribution in [3.8, 4) is 0 Å². The highest BCUT2D eigenvalue weighted by molar-refractivity contribution is 7.90. The van der Waals surface area contributed by atoms with Crippen molar-refractivity contribution in [2.24, 2.45) is 5.92 Å². The Balaban J connectivity index is 0.898. The molecule has 306 valence electrons. The van der Waals surface area contributed by atoms with Crippen LogP contribution in [0.4, 0.5) is 42.0 Å². The van der Waals surface area contributed by atoms with E-state index in [2.05, 4.69) is 30.8 Å². The van der Waals surface area contributed by atoms with E-state index in [-0.39, 0.29) is 59.6 Å². The van der Waals surface area contributed by atoms with E-state index >= 15 is 0 Å². The van der Waals surface area contributed by atoms with Crippen LogP contribution in [0.3, 0.4) is 0 Å². The number of piperidine rings is 2. The number of aromatic nitrogens is 2. The second-order valence-corrected chi connectivity index (χ2v) is 17.0. The number of alkyl halides is 3. The zero-order chi connectivity index (χ0) is 41.8. The molecule has 1 aromatic heterocycles. The molecule has 2 fully saturated rings. The van der Waals surface area contributed by atoms with E-state index in [1.54, 1.807) is 47.4 Å². The monoisotopic (exact) mass is 830 g/mol. The summed E-state index contributed by atoms with van der Waals surface area (Å²) in [4.78, 5) is 76.6. The normalized spacial score (nSPS) is 18.6. The van der Waals surface area contributed by atoms with Gasteiger partial charge < -0.3 is 20.4 Å². The number of carbonyl (C=O) groups is 5. The van der Waals surface area contributed by atoms with Crippen LogP contribution in [0, 0.1) is 5.92 Å². The molecule has 0 spiro atoms. The average Bonchev–Trinajstić information content (AvgIpc) is 3.63. The third kappa shape index (κ3) is 7.93. The molecule has 0 radical (unpaired) electrons. The quantitative estimate of drug-likeness (QED) is 0.191. The van der Waals surface area contributed by atoms with Gasteiger partial charge in [-0.05, 0) is 84.8 Å². The SMILES string of the molecule is CS(=O)(=O)c1cccc(CNc2nc(Nc3ccc4c(c3)CC(=O)N4CC3CCN(c4ccc5c(c4)C(=O)N(C4CCC(=O)NC4=O)C5=O)CC3)ncc2C(F)(F)F)c1. The zero-order valence-electron chi connectivity index (χ0n) is 31.5.